The van der Waals surface area contributed by atoms with Gasteiger partial charge in [0.2, 0.25) is 0 Å². The standard InChI is InChI=1S/C10H9BrN/c1-7(2)8-3-4-9(6-12)10(11)5-8/h3-5H,1-2H3. The van der Waals surface area contributed by atoms with E-state index in [1.807, 2.05) is 32.0 Å². The molecule has 0 fully saturated rings. The normalized spacial score (nSPS) is 9.92. The molecule has 0 atom stereocenters. The van der Waals surface area contributed by atoms with Crippen LogP contribution in [0.3, 0.4) is 0 Å². The number of hydrogen-bond acceptors (Lipinski definition) is 1. The van der Waals surface area contributed by atoms with E-state index in [9.17, 15) is 0 Å². The Morgan fingerprint density at radius 3 is 2.50 bits per heavy atom. The van der Waals surface area contributed by atoms with Crippen molar-refractivity contribution >= 4 is 15.9 Å². The van der Waals surface area contributed by atoms with Crippen molar-refractivity contribution in [3.8, 4) is 6.07 Å². The third-order valence-corrected chi connectivity index (χ3v) is 2.32. The van der Waals surface area contributed by atoms with Crippen molar-refractivity contribution < 1.29 is 0 Å². The smallest absolute Gasteiger partial charge is 0.100 e. The Balaban J connectivity index is 3.12. The van der Waals surface area contributed by atoms with Crippen LogP contribution in [0.25, 0.3) is 0 Å². The molecule has 0 heterocycles. The maximum Gasteiger partial charge on any atom is 0.100 e. The SMILES string of the molecule is C[C](C)c1ccc(C#N)c(Br)c1. The highest BCUT2D eigenvalue weighted by atomic mass is 79.9. The van der Waals surface area contributed by atoms with E-state index in [2.05, 4.69) is 22.0 Å². The van der Waals surface area contributed by atoms with Gasteiger partial charge in [-0.05, 0) is 39.5 Å². The zero-order valence-corrected chi connectivity index (χ0v) is 8.64. The molecule has 1 radical (unpaired) electrons. The summed E-state index contributed by atoms with van der Waals surface area (Å²) in [6, 6.07) is 7.85. The minimum Gasteiger partial charge on any atom is -0.192 e. The molecule has 1 rings (SSSR count). The van der Waals surface area contributed by atoms with Gasteiger partial charge < -0.3 is 0 Å². The molecule has 0 bridgehead atoms. The van der Waals surface area contributed by atoms with Gasteiger partial charge in [-0.3, -0.25) is 0 Å². The molecule has 0 unspecified atom stereocenters. The Labute approximate surface area is 81.2 Å². The molecule has 0 aliphatic heterocycles. The Morgan fingerprint density at radius 2 is 2.08 bits per heavy atom. The van der Waals surface area contributed by atoms with E-state index in [0.29, 0.717) is 5.56 Å². The highest BCUT2D eigenvalue weighted by molar-refractivity contribution is 9.10. The summed E-state index contributed by atoms with van der Waals surface area (Å²) in [4.78, 5) is 0. The summed E-state index contributed by atoms with van der Waals surface area (Å²) in [5, 5.41) is 8.66. The fourth-order valence-electron chi connectivity index (χ4n) is 0.917. The lowest BCUT2D eigenvalue weighted by Gasteiger charge is -2.04. The molecule has 0 amide bonds. The van der Waals surface area contributed by atoms with E-state index in [1.54, 1.807) is 0 Å². The first-order valence-corrected chi connectivity index (χ1v) is 4.44. The fraction of sp³-hybridized carbons (Fsp3) is 0.200. The molecule has 0 N–H and O–H groups in total. The van der Waals surface area contributed by atoms with Crippen molar-refractivity contribution in [2.24, 2.45) is 0 Å². The minimum absolute atomic E-state index is 0.681. The van der Waals surface area contributed by atoms with Crippen LogP contribution in [-0.2, 0) is 0 Å². The van der Waals surface area contributed by atoms with Gasteiger partial charge >= 0.3 is 0 Å². The third kappa shape index (κ3) is 1.86. The molecule has 61 valence electrons. The zero-order valence-electron chi connectivity index (χ0n) is 7.06. The van der Waals surface area contributed by atoms with Gasteiger partial charge in [-0.25, -0.2) is 0 Å². The summed E-state index contributed by atoms with van der Waals surface area (Å²) in [5.41, 5.74) is 1.85. The lowest BCUT2D eigenvalue weighted by atomic mass is 10.0. The van der Waals surface area contributed by atoms with Gasteiger partial charge in [0.05, 0.1) is 5.56 Å². The Hall–Kier alpha value is -0.810. The second-order valence-electron chi connectivity index (χ2n) is 2.81. The molecular weight excluding hydrogens is 214 g/mol. The summed E-state index contributed by atoms with van der Waals surface area (Å²) < 4.78 is 0.865. The molecule has 0 saturated heterocycles. The molecule has 0 aliphatic rings. The lowest BCUT2D eigenvalue weighted by Crippen LogP contribution is -1.88. The van der Waals surface area contributed by atoms with Crippen LogP contribution in [0, 0.1) is 17.2 Å². The van der Waals surface area contributed by atoms with Crippen LogP contribution in [-0.4, -0.2) is 0 Å². The van der Waals surface area contributed by atoms with E-state index in [1.165, 1.54) is 11.5 Å². The van der Waals surface area contributed by atoms with Crippen LogP contribution in [0.4, 0.5) is 0 Å². The van der Waals surface area contributed by atoms with Gasteiger partial charge in [-0.2, -0.15) is 5.26 Å². The number of benzene rings is 1. The maximum absolute atomic E-state index is 8.66. The summed E-state index contributed by atoms with van der Waals surface area (Å²) >= 11 is 3.34. The van der Waals surface area contributed by atoms with Crippen molar-refractivity contribution in [2.75, 3.05) is 0 Å². The largest absolute Gasteiger partial charge is 0.192 e. The topological polar surface area (TPSA) is 23.8 Å². The molecule has 1 aromatic rings. The van der Waals surface area contributed by atoms with Crippen molar-refractivity contribution in [2.45, 2.75) is 13.8 Å². The average Bonchev–Trinajstić information content (AvgIpc) is 2.04. The average molecular weight is 223 g/mol. The quantitative estimate of drug-likeness (QED) is 0.716. The summed E-state index contributed by atoms with van der Waals surface area (Å²) in [6.45, 7) is 4.10. The van der Waals surface area contributed by atoms with Crippen LogP contribution < -0.4 is 0 Å². The van der Waals surface area contributed by atoms with Gasteiger partial charge in [-0.15, -0.1) is 0 Å². The Bertz CT molecular complexity index is 323. The highest BCUT2D eigenvalue weighted by Crippen LogP contribution is 2.21. The molecule has 12 heavy (non-hydrogen) atoms. The third-order valence-electron chi connectivity index (χ3n) is 1.67. The van der Waals surface area contributed by atoms with E-state index in [0.717, 1.165) is 4.47 Å². The molecule has 0 saturated carbocycles. The Morgan fingerprint density at radius 1 is 1.42 bits per heavy atom. The van der Waals surface area contributed by atoms with Gasteiger partial charge in [0.1, 0.15) is 6.07 Å². The maximum atomic E-state index is 8.66. The van der Waals surface area contributed by atoms with E-state index >= 15 is 0 Å². The van der Waals surface area contributed by atoms with E-state index in [-0.39, 0.29) is 0 Å². The molecular formula is C10H9BrN. The minimum atomic E-state index is 0.681. The van der Waals surface area contributed by atoms with Crippen LogP contribution in [0.1, 0.15) is 25.0 Å². The van der Waals surface area contributed by atoms with Gasteiger partial charge in [-0.1, -0.05) is 19.9 Å². The second-order valence-corrected chi connectivity index (χ2v) is 3.66. The van der Waals surface area contributed by atoms with Crippen LogP contribution in [0.15, 0.2) is 22.7 Å². The molecule has 1 aromatic carbocycles. The molecule has 1 nitrogen and oxygen atoms in total. The zero-order chi connectivity index (χ0) is 9.14. The van der Waals surface area contributed by atoms with Crippen molar-refractivity contribution in [1.29, 1.82) is 5.26 Å². The van der Waals surface area contributed by atoms with Gasteiger partial charge in [0.25, 0.3) is 0 Å². The summed E-state index contributed by atoms with van der Waals surface area (Å²) in [5.74, 6) is 1.25. The van der Waals surface area contributed by atoms with Gasteiger partial charge in [0, 0.05) is 4.47 Å². The molecule has 0 aromatic heterocycles. The first-order valence-electron chi connectivity index (χ1n) is 3.65. The lowest BCUT2D eigenvalue weighted by molar-refractivity contribution is 1.14. The molecule has 0 spiro atoms. The number of hydrogen-bond donors (Lipinski definition) is 0. The summed E-state index contributed by atoms with van der Waals surface area (Å²) in [6.07, 6.45) is 0. The number of halogens is 1. The Kier molecular flexibility index (Phi) is 2.88. The summed E-state index contributed by atoms with van der Waals surface area (Å²) in [7, 11) is 0. The van der Waals surface area contributed by atoms with Crippen LogP contribution >= 0.6 is 15.9 Å². The monoisotopic (exact) mass is 222 g/mol. The fourth-order valence-corrected chi connectivity index (χ4v) is 1.38. The number of nitrogens with zero attached hydrogens (tertiary/aromatic N) is 1. The highest BCUT2D eigenvalue weighted by Gasteiger charge is 2.03. The predicted molar refractivity (Wildman–Crippen MR) is 52.6 cm³/mol. The van der Waals surface area contributed by atoms with Crippen molar-refractivity contribution in [3.63, 3.8) is 0 Å². The first kappa shape index (κ1) is 9.28. The molecule has 0 aliphatic carbocycles. The van der Waals surface area contributed by atoms with Crippen molar-refractivity contribution in [3.05, 3.63) is 39.7 Å². The first-order chi connectivity index (χ1) is 5.65. The second kappa shape index (κ2) is 3.73. The predicted octanol–water partition coefficient (Wildman–Crippen LogP) is 3.28. The molecule has 2 heteroatoms. The van der Waals surface area contributed by atoms with Crippen molar-refractivity contribution in [1.82, 2.24) is 0 Å². The number of nitriles is 1. The van der Waals surface area contributed by atoms with Crippen LogP contribution in [0.5, 0.6) is 0 Å². The van der Waals surface area contributed by atoms with Crippen LogP contribution in [0.2, 0.25) is 0 Å². The van der Waals surface area contributed by atoms with E-state index < -0.39 is 0 Å². The van der Waals surface area contributed by atoms with E-state index in [4.69, 9.17) is 5.26 Å². The number of rotatable bonds is 1. The van der Waals surface area contributed by atoms with Gasteiger partial charge in [0.15, 0.2) is 0 Å².